The molecule has 0 spiro atoms. The molecule has 0 aliphatic carbocycles. The Morgan fingerprint density at radius 1 is 0.870 bits per heavy atom. The van der Waals surface area contributed by atoms with Crippen molar-refractivity contribution in [2.75, 3.05) is 13.1 Å². The van der Waals surface area contributed by atoms with Crippen molar-refractivity contribution in [2.45, 2.75) is 62.3 Å². The number of nitrogens with two attached hydrogens (primary N) is 3. The average molecular weight is 672 g/mol. The molecule has 0 aromatic heterocycles. The maximum atomic E-state index is 14.4. The fourth-order valence-corrected chi connectivity index (χ4v) is 3.20. The molecule has 0 radical (unpaired) electrons. The predicted octanol–water partition coefficient (Wildman–Crippen LogP) is -1.44. The van der Waals surface area contributed by atoms with Crippen molar-refractivity contribution >= 4 is 41.6 Å². The van der Waals surface area contributed by atoms with Gasteiger partial charge in [-0.25, -0.2) is 18.4 Å². The number of guanidine groups is 1. The van der Waals surface area contributed by atoms with Crippen LogP contribution in [-0.4, -0.2) is 107 Å². The van der Waals surface area contributed by atoms with E-state index in [0.29, 0.717) is 12.0 Å². The average Bonchev–Trinajstić information content (AvgIpc) is 2.96. The van der Waals surface area contributed by atoms with Crippen molar-refractivity contribution in [1.82, 2.24) is 16.0 Å². The molecule has 12 N–H and O–H groups in total. The maximum Gasteiger partial charge on any atom is 0.490 e. The number of nitrogens with one attached hydrogen (secondary N) is 3. The van der Waals surface area contributed by atoms with Crippen LogP contribution < -0.4 is 33.2 Å². The Bertz CT molecular complexity index is 1220. The van der Waals surface area contributed by atoms with E-state index in [1.54, 1.807) is 35.6 Å². The zero-order valence-electron chi connectivity index (χ0n) is 23.9. The van der Waals surface area contributed by atoms with Crippen molar-refractivity contribution in [2.24, 2.45) is 22.2 Å². The summed E-state index contributed by atoms with van der Waals surface area (Å²) < 4.78 is 60.5. The molecular weight excluding hydrogens is 637 g/mol. The molecule has 1 rings (SSSR count). The Balaban J connectivity index is 0.00000258. The summed E-state index contributed by atoms with van der Waals surface area (Å²) in [5.41, 5.74) is 16.5. The lowest BCUT2D eigenvalue weighted by Gasteiger charge is -2.22. The number of carboxylic acids is 3. The molecule has 46 heavy (non-hydrogen) atoms. The molecule has 3 amide bonds. The smallest absolute Gasteiger partial charge is 0.481 e. The van der Waals surface area contributed by atoms with Gasteiger partial charge in [-0.05, 0) is 18.4 Å². The number of rotatable bonds is 17. The predicted molar refractivity (Wildman–Crippen MR) is 148 cm³/mol. The van der Waals surface area contributed by atoms with Crippen LogP contribution >= 0.6 is 0 Å². The van der Waals surface area contributed by atoms with E-state index in [-0.39, 0.29) is 25.3 Å². The molecular formula is C25H34F5N7O9. The first kappa shape index (κ1) is 40.9. The van der Waals surface area contributed by atoms with Gasteiger partial charge >= 0.3 is 24.1 Å². The van der Waals surface area contributed by atoms with Crippen LogP contribution in [0.4, 0.5) is 22.0 Å². The normalized spacial score (nSPS) is 14.0. The first-order valence-corrected chi connectivity index (χ1v) is 13.0. The van der Waals surface area contributed by atoms with Crippen LogP contribution in [0.25, 0.3) is 0 Å². The summed E-state index contributed by atoms with van der Waals surface area (Å²) in [7, 11) is 0. The van der Waals surface area contributed by atoms with Gasteiger partial charge in [0.05, 0.1) is 19.0 Å². The van der Waals surface area contributed by atoms with E-state index >= 15 is 0 Å². The molecule has 258 valence electrons. The van der Waals surface area contributed by atoms with Gasteiger partial charge in [0.2, 0.25) is 18.0 Å². The molecule has 0 heterocycles. The third-order valence-corrected chi connectivity index (χ3v) is 5.50. The van der Waals surface area contributed by atoms with Gasteiger partial charge < -0.3 is 48.5 Å². The molecule has 5 atom stereocenters. The summed E-state index contributed by atoms with van der Waals surface area (Å²) >= 11 is 0. The summed E-state index contributed by atoms with van der Waals surface area (Å²) in [4.78, 5) is 72.1. The van der Waals surface area contributed by atoms with Gasteiger partial charge in [0.15, 0.2) is 12.1 Å². The Hall–Kier alpha value is -5.08. The number of hydrogen-bond donors (Lipinski definition) is 9. The van der Waals surface area contributed by atoms with Crippen molar-refractivity contribution < 1.29 is 66.0 Å². The van der Waals surface area contributed by atoms with Crippen LogP contribution in [0.5, 0.6) is 0 Å². The molecule has 1 aromatic carbocycles. The van der Waals surface area contributed by atoms with E-state index in [1.807, 2.05) is 0 Å². The molecule has 0 saturated carbocycles. The minimum Gasteiger partial charge on any atom is -0.481 e. The molecule has 0 aliphatic rings. The number of carbonyl (C=O) groups excluding carboxylic acids is 3. The van der Waals surface area contributed by atoms with Crippen LogP contribution in [0.3, 0.4) is 0 Å². The number of carboxylic acid groups (broad SMARTS) is 3. The second kappa shape index (κ2) is 20.0. The summed E-state index contributed by atoms with van der Waals surface area (Å²) in [6.07, 6.45) is -11.3. The van der Waals surface area contributed by atoms with Gasteiger partial charge in [-0.15, -0.1) is 0 Å². The van der Waals surface area contributed by atoms with E-state index in [4.69, 9.17) is 32.2 Å². The number of nitrogens with zero attached hydrogens (tertiary/aromatic N) is 1. The number of aliphatic carboxylic acids is 3. The highest BCUT2D eigenvalue weighted by atomic mass is 19.4. The number of aliphatic imine (C=N–C) groups is 1. The summed E-state index contributed by atoms with van der Waals surface area (Å²) in [5.74, 6) is -9.63. The first-order chi connectivity index (χ1) is 21.3. The zero-order chi connectivity index (χ0) is 35.6. The number of halogens is 5. The van der Waals surface area contributed by atoms with Crippen molar-refractivity contribution in [3.8, 4) is 0 Å². The van der Waals surface area contributed by atoms with Gasteiger partial charge in [-0.2, -0.15) is 13.2 Å². The zero-order valence-corrected chi connectivity index (χ0v) is 23.9. The maximum absolute atomic E-state index is 14.4. The first-order valence-electron chi connectivity index (χ1n) is 13.0. The molecule has 0 unspecified atom stereocenters. The quantitative estimate of drug-likeness (QED) is 0.0399. The van der Waals surface area contributed by atoms with E-state index in [9.17, 15) is 51.0 Å². The molecule has 16 nitrogen and oxygen atoms in total. The Kier molecular flexibility index (Phi) is 17.8. The molecule has 0 aliphatic heterocycles. The highest BCUT2D eigenvalue weighted by Gasteiger charge is 2.38. The highest BCUT2D eigenvalue weighted by Crippen LogP contribution is 2.13. The Morgan fingerprint density at radius 2 is 1.41 bits per heavy atom. The van der Waals surface area contributed by atoms with E-state index in [0.717, 1.165) is 0 Å². The fraction of sp³-hybridized carbons (Fsp3) is 0.480. The third kappa shape index (κ3) is 17.3. The molecule has 1 aromatic rings. The van der Waals surface area contributed by atoms with Gasteiger partial charge in [0.1, 0.15) is 12.1 Å². The second-order valence-electron chi connectivity index (χ2n) is 9.27. The third-order valence-electron chi connectivity index (χ3n) is 5.50. The lowest BCUT2D eigenvalue weighted by Crippen LogP contribution is -2.55. The Labute approximate surface area is 257 Å². The number of hydrogen-bond acceptors (Lipinski definition) is 8. The van der Waals surface area contributed by atoms with Gasteiger partial charge in [0, 0.05) is 13.0 Å². The summed E-state index contributed by atoms with van der Waals surface area (Å²) in [5, 5.41) is 31.6. The van der Waals surface area contributed by atoms with Crippen LogP contribution in [0.15, 0.2) is 35.3 Å². The summed E-state index contributed by atoms with van der Waals surface area (Å²) in [6.45, 7) is -0.741. The number of amides is 3. The number of carbonyl (C=O) groups is 6. The minimum absolute atomic E-state index is 0.132. The topological polar surface area (TPSA) is 290 Å². The SMILES string of the molecule is NC(N)=NCCC[C@H](N)C(=O)NC[C@@H](F)[C@H](F)C(=O)N[C@@H](CC(=O)O)C(=O)N[C@@H](Cc1ccccc1)C(=O)O.O=C(O)C(F)(F)F. The second-order valence-corrected chi connectivity index (χ2v) is 9.27. The number of alkyl halides is 5. The van der Waals surface area contributed by atoms with Crippen LogP contribution in [0.2, 0.25) is 0 Å². The van der Waals surface area contributed by atoms with E-state index in [1.165, 1.54) is 0 Å². The molecule has 0 bridgehead atoms. The van der Waals surface area contributed by atoms with Crippen molar-refractivity contribution in [3.63, 3.8) is 0 Å². The van der Waals surface area contributed by atoms with E-state index < -0.39 is 85.2 Å². The van der Waals surface area contributed by atoms with Crippen molar-refractivity contribution in [1.29, 1.82) is 0 Å². The van der Waals surface area contributed by atoms with Crippen molar-refractivity contribution in [3.05, 3.63) is 35.9 Å². The van der Waals surface area contributed by atoms with Gasteiger partial charge in [-0.3, -0.25) is 24.2 Å². The molecule has 0 fully saturated rings. The lowest BCUT2D eigenvalue weighted by molar-refractivity contribution is -0.192. The van der Waals surface area contributed by atoms with E-state index in [2.05, 4.69) is 15.6 Å². The monoisotopic (exact) mass is 671 g/mol. The largest absolute Gasteiger partial charge is 0.490 e. The molecule has 0 saturated heterocycles. The minimum atomic E-state index is -5.08. The fourth-order valence-electron chi connectivity index (χ4n) is 3.20. The van der Waals surface area contributed by atoms with Crippen LogP contribution in [0, 0.1) is 0 Å². The van der Waals surface area contributed by atoms with Gasteiger partial charge in [0.25, 0.3) is 5.91 Å². The lowest BCUT2D eigenvalue weighted by atomic mass is 10.0. The Morgan fingerprint density at radius 3 is 1.89 bits per heavy atom. The van der Waals surface area contributed by atoms with Gasteiger partial charge in [-0.1, -0.05) is 30.3 Å². The van der Waals surface area contributed by atoms with Crippen LogP contribution in [0.1, 0.15) is 24.8 Å². The van der Waals surface area contributed by atoms with Crippen LogP contribution in [-0.2, 0) is 35.2 Å². The standard InChI is InChI=1S/C23H33F2N7O7.C2HF3O2/c24-13(11-30-19(35)14(26)7-4-8-29-23(27)28)18(25)21(37)31-15(10-17(33)34)20(36)32-16(22(38)39)9-12-5-2-1-3-6-12;3-2(4,5)1(6)7/h1-3,5-6,13-16,18H,4,7-11,26H2,(H,30,35)(H,31,37)(H,32,36)(H,33,34)(H,38,39)(H4,27,28,29);(H,6,7)/t13-,14+,15+,16+,18+;/m1./s1. The highest BCUT2D eigenvalue weighted by molar-refractivity contribution is 5.94. The molecule has 21 heteroatoms. The number of benzene rings is 1. The summed E-state index contributed by atoms with van der Waals surface area (Å²) in [6, 6.07) is 3.69.